The quantitative estimate of drug-likeness (QED) is 0.745. The van der Waals surface area contributed by atoms with Crippen LogP contribution in [0.5, 0.6) is 0 Å². The highest BCUT2D eigenvalue weighted by molar-refractivity contribution is 7.17. The van der Waals surface area contributed by atoms with Crippen molar-refractivity contribution in [2.45, 2.75) is 19.4 Å². The van der Waals surface area contributed by atoms with E-state index in [0.29, 0.717) is 0 Å². The van der Waals surface area contributed by atoms with E-state index in [9.17, 15) is 0 Å². The molecule has 0 fully saturated rings. The Morgan fingerprint density at radius 1 is 1.37 bits per heavy atom. The van der Waals surface area contributed by atoms with Crippen LogP contribution in [0.2, 0.25) is 0 Å². The second-order valence-electron chi connectivity index (χ2n) is 4.55. The number of benzene rings is 1. The Kier molecular flexibility index (Phi) is 3.62. The van der Waals surface area contributed by atoms with Gasteiger partial charge in [-0.1, -0.05) is 25.1 Å². The van der Waals surface area contributed by atoms with Gasteiger partial charge in [0.2, 0.25) is 0 Å². The average molecular weight is 271 g/mol. The van der Waals surface area contributed by atoms with Gasteiger partial charge in [-0.2, -0.15) is 0 Å². The third-order valence-corrected chi connectivity index (χ3v) is 4.30. The smallest absolute Gasteiger partial charge is 0.123 e. The van der Waals surface area contributed by atoms with Crippen molar-refractivity contribution in [1.29, 1.82) is 0 Å². The van der Waals surface area contributed by atoms with Gasteiger partial charge in [-0.25, -0.2) is 4.98 Å². The van der Waals surface area contributed by atoms with Crippen molar-refractivity contribution in [3.8, 4) is 0 Å². The summed E-state index contributed by atoms with van der Waals surface area (Å²) in [5.74, 6) is 1.01. The van der Waals surface area contributed by atoms with E-state index in [4.69, 9.17) is 0 Å². The first kappa shape index (κ1) is 12.4. The molecule has 1 unspecified atom stereocenters. The maximum absolute atomic E-state index is 4.38. The Hall–Kier alpha value is -1.65. The van der Waals surface area contributed by atoms with Crippen LogP contribution < -0.4 is 5.32 Å². The van der Waals surface area contributed by atoms with E-state index < -0.39 is 0 Å². The van der Waals surface area contributed by atoms with E-state index in [0.717, 1.165) is 18.8 Å². The highest BCUT2D eigenvalue weighted by atomic mass is 32.1. The Morgan fingerprint density at radius 2 is 2.26 bits per heavy atom. The fourth-order valence-electron chi connectivity index (χ4n) is 2.39. The summed E-state index contributed by atoms with van der Waals surface area (Å²) in [6.45, 7) is 3.06. The Morgan fingerprint density at radius 3 is 3.05 bits per heavy atom. The second kappa shape index (κ2) is 5.55. The monoisotopic (exact) mass is 271 g/mol. The molecule has 2 aromatic heterocycles. The highest BCUT2D eigenvalue weighted by Crippen LogP contribution is 2.28. The SMILES string of the molecule is CCNC(Cc1csc2ccccc12)c1ncc[nH]1. The van der Waals surface area contributed by atoms with Crippen molar-refractivity contribution < 1.29 is 0 Å². The number of imidazole rings is 1. The molecule has 0 radical (unpaired) electrons. The standard InChI is InChI=1S/C15H17N3S/c1-2-16-13(15-17-7-8-18-15)9-11-10-19-14-6-4-3-5-12(11)14/h3-8,10,13,16H,2,9H2,1H3,(H,17,18). The zero-order valence-electron chi connectivity index (χ0n) is 10.9. The number of aromatic amines is 1. The number of H-pyrrole nitrogens is 1. The number of aromatic nitrogens is 2. The molecular formula is C15H17N3S. The molecular weight excluding hydrogens is 254 g/mol. The molecule has 3 nitrogen and oxygen atoms in total. The summed E-state index contributed by atoms with van der Waals surface area (Å²) in [5.41, 5.74) is 1.39. The molecule has 1 atom stereocenters. The molecule has 0 aliphatic heterocycles. The number of fused-ring (bicyclic) bond motifs is 1. The fourth-order valence-corrected chi connectivity index (χ4v) is 3.37. The molecule has 0 amide bonds. The molecule has 1 aromatic carbocycles. The van der Waals surface area contributed by atoms with Crippen LogP contribution in [-0.2, 0) is 6.42 Å². The minimum atomic E-state index is 0.248. The number of thiophene rings is 1. The van der Waals surface area contributed by atoms with E-state index in [1.54, 1.807) is 0 Å². The maximum atomic E-state index is 4.38. The summed E-state index contributed by atoms with van der Waals surface area (Å²) in [6.07, 6.45) is 4.65. The minimum absolute atomic E-state index is 0.248. The first-order valence-corrected chi connectivity index (χ1v) is 7.44. The van der Waals surface area contributed by atoms with Gasteiger partial charge < -0.3 is 10.3 Å². The topological polar surface area (TPSA) is 40.7 Å². The Bertz CT molecular complexity index is 642. The molecule has 3 rings (SSSR count). The Balaban J connectivity index is 1.89. The van der Waals surface area contributed by atoms with Gasteiger partial charge in [0, 0.05) is 17.1 Å². The number of rotatable bonds is 5. The molecule has 0 spiro atoms. The fraction of sp³-hybridized carbons (Fsp3) is 0.267. The Labute approximate surface area is 116 Å². The first-order valence-electron chi connectivity index (χ1n) is 6.56. The lowest BCUT2D eigenvalue weighted by molar-refractivity contribution is 0.528. The van der Waals surface area contributed by atoms with Crippen molar-refractivity contribution in [1.82, 2.24) is 15.3 Å². The van der Waals surface area contributed by atoms with Gasteiger partial charge in [0.1, 0.15) is 5.82 Å². The molecule has 0 aliphatic carbocycles. The number of likely N-dealkylation sites (N-methyl/N-ethyl adjacent to an activating group) is 1. The number of hydrogen-bond donors (Lipinski definition) is 2. The van der Waals surface area contributed by atoms with E-state index >= 15 is 0 Å². The van der Waals surface area contributed by atoms with Gasteiger partial charge in [0.15, 0.2) is 0 Å². The van der Waals surface area contributed by atoms with Crippen LogP contribution in [-0.4, -0.2) is 16.5 Å². The van der Waals surface area contributed by atoms with Crippen LogP contribution in [0.3, 0.4) is 0 Å². The minimum Gasteiger partial charge on any atom is -0.347 e. The normalized spacial score (nSPS) is 12.9. The van der Waals surface area contributed by atoms with Crippen molar-refractivity contribution in [3.63, 3.8) is 0 Å². The van der Waals surface area contributed by atoms with Gasteiger partial charge in [0.05, 0.1) is 6.04 Å². The maximum Gasteiger partial charge on any atom is 0.123 e. The predicted molar refractivity (Wildman–Crippen MR) is 80.5 cm³/mol. The summed E-state index contributed by atoms with van der Waals surface area (Å²) < 4.78 is 1.35. The molecule has 0 aliphatic rings. The number of nitrogens with one attached hydrogen (secondary N) is 2. The van der Waals surface area contributed by atoms with Crippen LogP contribution in [0.15, 0.2) is 42.0 Å². The van der Waals surface area contributed by atoms with E-state index in [1.807, 2.05) is 23.7 Å². The molecule has 4 heteroatoms. The summed E-state index contributed by atoms with van der Waals surface area (Å²) in [7, 11) is 0. The largest absolute Gasteiger partial charge is 0.347 e. The predicted octanol–water partition coefficient (Wildman–Crippen LogP) is 3.52. The van der Waals surface area contributed by atoms with Gasteiger partial charge in [-0.15, -0.1) is 11.3 Å². The van der Waals surface area contributed by atoms with Crippen LogP contribution in [0.25, 0.3) is 10.1 Å². The van der Waals surface area contributed by atoms with Gasteiger partial charge in [-0.3, -0.25) is 0 Å². The molecule has 0 saturated heterocycles. The van der Waals surface area contributed by atoms with Gasteiger partial charge >= 0.3 is 0 Å². The lowest BCUT2D eigenvalue weighted by Crippen LogP contribution is -2.23. The molecule has 2 heterocycles. The summed E-state index contributed by atoms with van der Waals surface area (Å²) in [6, 6.07) is 8.83. The lowest BCUT2D eigenvalue weighted by Gasteiger charge is -2.15. The van der Waals surface area contributed by atoms with Crippen LogP contribution in [0, 0.1) is 0 Å². The van der Waals surface area contributed by atoms with Crippen molar-refractivity contribution in [3.05, 3.63) is 53.4 Å². The third kappa shape index (κ3) is 2.55. The molecule has 2 N–H and O–H groups in total. The van der Waals surface area contributed by atoms with E-state index in [1.165, 1.54) is 15.6 Å². The molecule has 0 saturated carbocycles. The van der Waals surface area contributed by atoms with Crippen LogP contribution in [0.4, 0.5) is 0 Å². The third-order valence-electron chi connectivity index (χ3n) is 3.29. The molecule has 98 valence electrons. The average Bonchev–Trinajstić information content (AvgIpc) is 3.08. The summed E-state index contributed by atoms with van der Waals surface area (Å²) >= 11 is 1.81. The summed E-state index contributed by atoms with van der Waals surface area (Å²) in [4.78, 5) is 7.59. The molecule has 19 heavy (non-hydrogen) atoms. The van der Waals surface area contributed by atoms with Crippen molar-refractivity contribution in [2.75, 3.05) is 6.54 Å². The second-order valence-corrected chi connectivity index (χ2v) is 5.46. The molecule has 0 bridgehead atoms. The van der Waals surface area contributed by atoms with Crippen molar-refractivity contribution >= 4 is 21.4 Å². The van der Waals surface area contributed by atoms with Gasteiger partial charge in [-0.05, 0) is 35.4 Å². The summed E-state index contributed by atoms with van der Waals surface area (Å²) in [5, 5.41) is 7.12. The molecule has 3 aromatic rings. The van der Waals surface area contributed by atoms with Crippen molar-refractivity contribution in [2.24, 2.45) is 0 Å². The zero-order chi connectivity index (χ0) is 13.1. The lowest BCUT2D eigenvalue weighted by atomic mass is 10.0. The van der Waals surface area contributed by atoms with E-state index in [-0.39, 0.29) is 6.04 Å². The number of hydrogen-bond acceptors (Lipinski definition) is 3. The highest BCUT2D eigenvalue weighted by Gasteiger charge is 2.15. The van der Waals surface area contributed by atoms with Crippen LogP contribution in [0.1, 0.15) is 24.4 Å². The van der Waals surface area contributed by atoms with E-state index in [2.05, 4.69) is 51.9 Å². The van der Waals surface area contributed by atoms with Crippen LogP contribution >= 0.6 is 11.3 Å². The zero-order valence-corrected chi connectivity index (χ0v) is 11.7. The number of nitrogens with zero attached hydrogens (tertiary/aromatic N) is 1. The first-order chi connectivity index (χ1) is 9.38. The van der Waals surface area contributed by atoms with Gasteiger partial charge in [0.25, 0.3) is 0 Å².